The third-order valence-corrected chi connectivity index (χ3v) is 5.27. The third kappa shape index (κ3) is 4.41. The van der Waals surface area contributed by atoms with E-state index in [1.165, 1.54) is 4.31 Å². The lowest BCUT2D eigenvalue weighted by molar-refractivity contribution is 0.0725. The summed E-state index contributed by atoms with van der Waals surface area (Å²) in [5.41, 5.74) is 1.07. The summed E-state index contributed by atoms with van der Waals surface area (Å²) in [5.74, 6) is 0. The predicted molar refractivity (Wildman–Crippen MR) is 83.6 cm³/mol. The molecule has 0 radical (unpaired) electrons. The average molecular weight is 313 g/mol. The number of rotatable bonds is 6. The minimum Gasteiger partial charge on any atom is -0.379 e. The summed E-state index contributed by atoms with van der Waals surface area (Å²) < 4.78 is 33.7. The number of hydrogen-bond acceptors (Lipinski definition) is 4. The van der Waals surface area contributed by atoms with E-state index in [0.29, 0.717) is 32.8 Å². The molecule has 1 heterocycles. The first-order chi connectivity index (χ1) is 10.0. The average Bonchev–Trinajstić information content (AvgIpc) is 2.53. The molecule has 2 rings (SSSR count). The molecule has 6 nitrogen and oxygen atoms in total. The zero-order chi connectivity index (χ0) is 15.3. The standard InChI is InChI=1S/C14H23N3O3S/c1-13(16(2)14-6-4-3-5-7-14)12-15-21(18,19)17-8-10-20-11-9-17/h3-7,13,15H,8-12H2,1-2H3. The van der Waals surface area contributed by atoms with Gasteiger partial charge in [-0.05, 0) is 19.1 Å². The van der Waals surface area contributed by atoms with E-state index >= 15 is 0 Å². The first kappa shape index (κ1) is 16.2. The fourth-order valence-corrected chi connectivity index (χ4v) is 3.42. The molecule has 1 aliphatic heterocycles. The van der Waals surface area contributed by atoms with Crippen LogP contribution in [0.25, 0.3) is 0 Å². The van der Waals surface area contributed by atoms with Gasteiger partial charge in [0.15, 0.2) is 0 Å². The van der Waals surface area contributed by atoms with Crippen molar-refractivity contribution in [1.29, 1.82) is 0 Å². The molecule has 7 heteroatoms. The highest BCUT2D eigenvalue weighted by molar-refractivity contribution is 7.87. The Kier molecular flexibility index (Phi) is 5.58. The maximum absolute atomic E-state index is 12.2. The van der Waals surface area contributed by atoms with Crippen LogP contribution in [0.3, 0.4) is 0 Å². The molecule has 1 fully saturated rings. The minimum absolute atomic E-state index is 0.0585. The van der Waals surface area contributed by atoms with Gasteiger partial charge in [0.05, 0.1) is 13.2 Å². The zero-order valence-electron chi connectivity index (χ0n) is 12.5. The largest absolute Gasteiger partial charge is 0.379 e. The van der Waals surface area contributed by atoms with E-state index in [-0.39, 0.29) is 6.04 Å². The number of benzene rings is 1. The number of para-hydroxylation sites is 1. The number of hydrogen-bond donors (Lipinski definition) is 1. The van der Waals surface area contributed by atoms with Crippen molar-refractivity contribution in [2.75, 3.05) is 44.8 Å². The number of morpholine rings is 1. The van der Waals surface area contributed by atoms with E-state index in [1.54, 1.807) is 0 Å². The molecule has 0 aliphatic carbocycles. The van der Waals surface area contributed by atoms with Gasteiger partial charge in [-0.15, -0.1) is 0 Å². The van der Waals surface area contributed by atoms with E-state index in [9.17, 15) is 8.42 Å². The molecule has 1 saturated heterocycles. The highest BCUT2D eigenvalue weighted by Gasteiger charge is 2.24. The van der Waals surface area contributed by atoms with Crippen molar-refractivity contribution in [3.63, 3.8) is 0 Å². The maximum Gasteiger partial charge on any atom is 0.279 e. The molecular weight excluding hydrogens is 290 g/mol. The molecule has 1 aliphatic rings. The second-order valence-corrected chi connectivity index (χ2v) is 6.92. The molecule has 0 spiro atoms. The maximum atomic E-state index is 12.2. The molecule has 1 N–H and O–H groups in total. The van der Waals surface area contributed by atoms with E-state index in [0.717, 1.165) is 5.69 Å². The summed E-state index contributed by atoms with van der Waals surface area (Å²) in [6.45, 7) is 4.11. The van der Waals surface area contributed by atoms with Gasteiger partial charge in [0.25, 0.3) is 10.2 Å². The Morgan fingerprint density at radius 1 is 1.29 bits per heavy atom. The van der Waals surface area contributed by atoms with Crippen LogP contribution in [-0.4, -0.2) is 58.7 Å². The van der Waals surface area contributed by atoms with Crippen LogP contribution in [0.5, 0.6) is 0 Å². The van der Waals surface area contributed by atoms with Crippen molar-refractivity contribution in [2.24, 2.45) is 0 Å². The van der Waals surface area contributed by atoms with Crippen LogP contribution in [0.4, 0.5) is 5.69 Å². The summed E-state index contributed by atoms with van der Waals surface area (Å²) in [4.78, 5) is 2.06. The van der Waals surface area contributed by atoms with Gasteiger partial charge >= 0.3 is 0 Å². The molecule has 0 amide bonds. The van der Waals surface area contributed by atoms with Gasteiger partial charge in [0.1, 0.15) is 0 Å². The molecule has 1 unspecified atom stereocenters. The highest BCUT2D eigenvalue weighted by Crippen LogP contribution is 2.14. The lowest BCUT2D eigenvalue weighted by atomic mass is 10.2. The Balaban J connectivity index is 1.89. The summed E-state index contributed by atoms with van der Waals surface area (Å²) in [5, 5.41) is 0. The van der Waals surface area contributed by atoms with Crippen molar-refractivity contribution in [1.82, 2.24) is 9.03 Å². The van der Waals surface area contributed by atoms with E-state index in [4.69, 9.17) is 4.74 Å². The topological polar surface area (TPSA) is 61.9 Å². The highest BCUT2D eigenvalue weighted by atomic mass is 32.2. The van der Waals surface area contributed by atoms with Gasteiger partial charge in [-0.1, -0.05) is 18.2 Å². The number of likely N-dealkylation sites (N-methyl/N-ethyl adjacent to an activating group) is 1. The molecule has 1 atom stereocenters. The number of nitrogens with one attached hydrogen (secondary N) is 1. The van der Waals surface area contributed by atoms with Crippen LogP contribution in [-0.2, 0) is 14.9 Å². The number of nitrogens with zero attached hydrogens (tertiary/aromatic N) is 2. The first-order valence-corrected chi connectivity index (χ1v) is 8.55. The molecule has 21 heavy (non-hydrogen) atoms. The second-order valence-electron chi connectivity index (χ2n) is 5.16. The molecule has 0 aromatic heterocycles. The Morgan fingerprint density at radius 2 is 1.90 bits per heavy atom. The van der Waals surface area contributed by atoms with Crippen molar-refractivity contribution in [3.05, 3.63) is 30.3 Å². The summed E-state index contributed by atoms with van der Waals surface area (Å²) in [6, 6.07) is 9.97. The van der Waals surface area contributed by atoms with Crippen molar-refractivity contribution < 1.29 is 13.2 Å². The lowest BCUT2D eigenvalue weighted by Crippen LogP contribution is -2.49. The molecule has 1 aromatic rings. The summed E-state index contributed by atoms with van der Waals surface area (Å²) in [7, 11) is -1.46. The fourth-order valence-electron chi connectivity index (χ4n) is 2.16. The first-order valence-electron chi connectivity index (χ1n) is 7.11. The lowest BCUT2D eigenvalue weighted by Gasteiger charge is -2.30. The molecular formula is C14H23N3O3S. The normalized spacial score (nSPS) is 18.4. The Bertz CT molecular complexity index is 530. The van der Waals surface area contributed by atoms with Crippen molar-refractivity contribution >= 4 is 15.9 Å². The van der Waals surface area contributed by atoms with Crippen molar-refractivity contribution in [3.8, 4) is 0 Å². The number of anilines is 1. The summed E-state index contributed by atoms with van der Waals surface area (Å²) >= 11 is 0. The van der Waals surface area contributed by atoms with Crippen LogP contribution < -0.4 is 9.62 Å². The van der Waals surface area contributed by atoms with Gasteiger partial charge in [-0.25, -0.2) is 4.72 Å². The van der Waals surface area contributed by atoms with Crippen LogP contribution >= 0.6 is 0 Å². The number of ether oxygens (including phenoxy) is 1. The van der Waals surface area contributed by atoms with Gasteiger partial charge in [-0.3, -0.25) is 0 Å². The Hall–Kier alpha value is -1.15. The van der Waals surface area contributed by atoms with Gasteiger partial charge in [0, 0.05) is 38.4 Å². The minimum atomic E-state index is -3.42. The Morgan fingerprint density at radius 3 is 2.52 bits per heavy atom. The summed E-state index contributed by atoms with van der Waals surface area (Å²) in [6.07, 6.45) is 0. The monoisotopic (exact) mass is 313 g/mol. The van der Waals surface area contributed by atoms with Gasteiger partial charge in [0.2, 0.25) is 0 Å². The molecule has 0 saturated carbocycles. The van der Waals surface area contributed by atoms with Crippen molar-refractivity contribution in [2.45, 2.75) is 13.0 Å². The third-order valence-electron chi connectivity index (χ3n) is 3.70. The quantitative estimate of drug-likeness (QED) is 0.839. The van der Waals surface area contributed by atoms with E-state index in [2.05, 4.69) is 9.62 Å². The molecule has 0 bridgehead atoms. The fraction of sp³-hybridized carbons (Fsp3) is 0.571. The SMILES string of the molecule is CC(CNS(=O)(=O)N1CCOCC1)N(C)c1ccccc1. The van der Waals surface area contributed by atoms with Crippen LogP contribution in [0, 0.1) is 0 Å². The Labute approximate surface area is 126 Å². The smallest absolute Gasteiger partial charge is 0.279 e. The van der Waals surface area contributed by atoms with Crippen LogP contribution in [0.1, 0.15) is 6.92 Å². The van der Waals surface area contributed by atoms with Crippen LogP contribution in [0.2, 0.25) is 0 Å². The molecule has 118 valence electrons. The predicted octanol–water partition coefficient (Wildman–Crippen LogP) is 0.678. The van der Waals surface area contributed by atoms with E-state index in [1.807, 2.05) is 44.3 Å². The zero-order valence-corrected chi connectivity index (χ0v) is 13.3. The van der Waals surface area contributed by atoms with Gasteiger partial charge < -0.3 is 9.64 Å². The molecule has 1 aromatic carbocycles. The van der Waals surface area contributed by atoms with Crippen LogP contribution in [0.15, 0.2) is 30.3 Å². The van der Waals surface area contributed by atoms with Gasteiger partial charge in [-0.2, -0.15) is 12.7 Å². The second kappa shape index (κ2) is 7.22. The van der Waals surface area contributed by atoms with E-state index < -0.39 is 10.2 Å².